The molecule has 1 aliphatic carbocycles. The number of aliphatic hydroxyl groups is 1. The number of hydrogen-bond acceptors (Lipinski definition) is 2. The maximum Gasteiger partial charge on any atom is 0.100 e. The highest BCUT2D eigenvalue weighted by Crippen LogP contribution is 2.47. The summed E-state index contributed by atoms with van der Waals surface area (Å²) in [5.41, 5.74) is 2.96. The number of hydrogen-bond donors (Lipinski definition) is 1. The standard InChI is InChI=1S/C17H15NO/c1-12-16-8-7-13(11-18)9-14(16)10-17(12,19)15-5-3-2-4-6-15/h2-9,12,19H,10H2,1H3/t12-,17-/m0/s1. The minimum absolute atomic E-state index is 0.0395. The Balaban J connectivity index is 2.08. The van der Waals surface area contributed by atoms with Crippen LogP contribution in [0.25, 0.3) is 0 Å². The zero-order valence-corrected chi connectivity index (χ0v) is 10.8. The molecular weight excluding hydrogens is 234 g/mol. The predicted molar refractivity (Wildman–Crippen MR) is 73.6 cm³/mol. The second kappa shape index (κ2) is 4.22. The molecule has 2 aromatic carbocycles. The molecule has 0 aromatic heterocycles. The highest BCUT2D eigenvalue weighted by atomic mass is 16.3. The molecule has 19 heavy (non-hydrogen) atoms. The summed E-state index contributed by atoms with van der Waals surface area (Å²) >= 11 is 0. The molecule has 0 radical (unpaired) electrons. The van der Waals surface area contributed by atoms with E-state index in [9.17, 15) is 5.11 Å². The molecule has 0 amide bonds. The first-order valence-corrected chi connectivity index (χ1v) is 6.46. The third-order valence-electron chi connectivity index (χ3n) is 4.19. The van der Waals surface area contributed by atoms with E-state index in [0.29, 0.717) is 12.0 Å². The van der Waals surface area contributed by atoms with E-state index in [-0.39, 0.29) is 5.92 Å². The van der Waals surface area contributed by atoms with E-state index in [2.05, 4.69) is 6.07 Å². The Bertz CT molecular complexity index is 657. The van der Waals surface area contributed by atoms with Crippen molar-refractivity contribution in [2.45, 2.75) is 24.9 Å². The fraction of sp³-hybridized carbons (Fsp3) is 0.235. The third kappa shape index (κ3) is 1.75. The lowest BCUT2D eigenvalue weighted by atomic mass is 9.83. The van der Waals surface area contributed by atoms with Crippen molar-refractivity contribution in [3.05, 3.63) is 70.8 Å². The molecule has 1 N–H and O–H groups in total. The van der Waals surface area contributed by atoms with Gasteiger partial charge in [0, 0.05) is 12.3 Å². The summed E-state index contributed by atoms with van der Waals surface area (Å²) in [5, 5.41) is 20.0. The van der Waals surface area contributed by atoms with Gasteiger partial charge in [0.25, 0.3) is 0 Å². The van der Waals surface area contributed by atoms with Gasteiger partial charge in [-0.2, -0.15) is 5.26 Å². The smallest absolute Gasteiger partial charge is 0.100 e. The number of rotatable bonds is 1. The van der Waals surface area contributed by atoms with E-state index in [4.69, 9.17) is 5.26 Å². The van der Waals surface area contributed by atoms with E-state index >= 15 is 0 Å². The van der Waals surface area contributed by atoms with Crippen LogP contribution in [0.4, 0.5) is 0 Å². The van der Waals surface area contributed by atoms with Gasteiger partial charge in [0.1, 0.15) is 5.60 Å². The summed E-state index contributed by atoms with van der Waals surface area (Å²) in [5.74, 6) is 0.0395. The van der Waals surface area contributed by atoms with E-state index in [0.717, 1.165) is 16.7 Å². The Morgan fingerprint density at radius 3 is 2.63 bits per heavy atom. The number of nitriles is 1. The van der Waals surface area contributed by atoms with Crippen molar-refractivity contribution in [3.63, 3.8) is 0 Å². The van der Waals surface area contributed by atoms with Gasteiger partial charge in [0.15, 0.2) is 0 Å². The van der Waals surface area contributed by atoms with Crippen molar-refractivity contribution < 1.29 is 5.11 Å². The lowest BCUT2D eigenvalue weighted by molar-refractivity contribution is 0.0250. The predicted octanol–water partition coefficient (Wildman–Crippen LogP) is 3.11. The minimum Gasteiger partial charge on any atom is -0.384 e. The van der Waals surface area contributed by atoms with Crippen LogP contribution in [0.5, 0.6) is 0 Å². The Morgan fingerprint density at radius 1 is 1.21 bits per heavy atom. The summed E-state index contributed by atoms with van der Waals surface area (Å²) < 4.78 is 0. The van der Waals surface area contributed by atoms with Crippen LogP contribution in [0.1, 0.15) is 35.1 Å². The Labute approximate surface area is 112 Å². The average Bonchev–Trinajstić information content (AvgIpc) is 2.72. The zero-order valence-electron chi connectivity index (χ0n) is 10.8. The topological polar surface area (TPSA) is 44.0 Å². The molecule has 0 unspecified atom stereocenters. The van der Waals surface area contributed by atoms with E-state index < -0.39 is 5.60 Å². The molecule has 3 rings (SSSR count). The number of fused-ring (bicyclic) bond motifs is 1. The van der Waals surface area contributed by atoms with Crippen molar-refractivity contribution in [2.24, 2.45) is 0 Å². The summed E-state index contributed by atoms with van der Waals surface area (Å²) in [6.07, 6.45) is 0.572. The molecular formula is C17H15NO. The third-order valence-corrected chi connectivity index (χ3v) is 4.19. The largest absolute Gasteiger partial charge is 0.384 e. The Hall–Kier alpha value is -2.11. The molecule has 1 aliphatic rings. The first-order chi connectivity index (χ1) is 9.15. The van der Waals surface area contributed by atoms with Gasteiger partial charge in [-0.1, -0.05) is 43.3 Å². The molecule has 2 nitrogen and oxygen atoms in total. The molecule has 0 saturated heterocycles. The fourth-order valence-electron chi connectivity index (χ4n) is 3.03. The quantitative estimate of drug-likeness (QED) is 0.844. The van der Waals surface area contributed by atoms with Crippen LogP contribution in [0.3, 0.4) is 0 Å². The molecule has 0 fully saturated rings. The first-order valence-electron chi connectivity index (χ1n) is 6.46. The lowest BCUT2D eigenvalue weighted by Crippen LogP contribution is -2.29. The Morgan fingerprint density at radius 2 is 1.95 bits per heavy atom. The maximum atomic E-state index is 11.0. The molecule has 2 atom stereocenters. The van der Waals surface area contributed by atoms with Gasteiger partial charge in [0.2, 0.25) is 0 Å². The van der Waals surface area contributed by atoms with Crippen LogP contribution in [0, 0.1) is 11.3 Å². The first kappa shape index (κ1) is 12.0. The summed E-state index contributed by atoms with van der Waals surface area (Å²) in [6, 6.07) is 17.6. The zero-order chi connectivity index (χ0) is 13.5. The number of nitrogens with zero attached hydrogens (tertiary/aromatic N) is 1. The highest BCUT2D eigenvalue weighted by Gasteiger charge is 2.43. The molecule has 94 valence electrons. The van der Waals surface area contributed by atoms with Gasteiger partial charge in [-0.05, 0) is 28.8 Å². The van der Waals surface area contributed by atoms with Gasteiger partial charge < -0.3 is 5.11 Å². The molecule has 0 saturated carbocycles. The van der Waals surface area contributed by atoms with E-state index in [1.165, 1.54) is 0 Å². The fourth-order valence-corrected chi connectivity index (χ4v) is 3.03. The maximum absolute atomic E-state index is 11.0. The second-order valence-corrected chi connectivity index (χ2v) is 5.21. The van der Waals surface area contributed by atoms with Crippen LogP contribution in [0.15, 0.2) is 48.5 Å². The molecule has 0 bridgehead atoms. The monoisotopic (exact) mass is 249 g/mol. The molecule has 0 heterocycles. The number of benzene rings is 2. The van der Waals surface area contributed by atoms with E-state index in [1.54, 1.807) is 0 Å². The van der Waals surface area contributed by atoms with Gasteiger partial charge in [-0.25, -0.2) is 0 Å². The van der Waals surface area contributed by atoms with Gasteiger partial charge >= 0.3 is 0 Å². The van der Waals surface area contributed by atoms with E-state index in [1.807, 2.05) is 55.5 Å². The summed E-state index contributed by atoms with van der Waals surface area (Å²) in [6.45, 7) is 2.05. The Kier molecular flexibility index (Phi) is 2.66. The molecule has 0 spiro atoms. The van der Waals surface area contributed by atoms with Crippen LogP contribution in [-0.4, -0.2) is 5.11 Å². The normalized spacial score (nSPS) is 24.8. The van der Waals surface area contributed by atoms with Gasteiger partial charge in [-0.3, -0.25) is 0 Å². The lowest BCUT2D eigenvalue weighted by Gasteiger charge is -2.28. The van der Waals surface area contributed by atoms with Crippen molar-refractivity contribution in [1.29, 1.82) is 5.26 Å². The van der Waals surface area contributed by atoms with Crippen LogP contribution < -0.4 is 0 Å². The SMILES string of the molecule is C[C@H]1c2ccc(C#N)cc2C[C@@]1(O)c1ccccc1. The second-order valence-electron chi connectivity index (χ2n) is 5.21. The van der Waals surface area contributed by atoms with Crippen LogP contribution in [0.2, 0.25) is 0 Å². The molecule has 0 aliphatic heterocycles. The van der Waals surface area contributed by atoms with Gasteiger partial charge in [0.05, 0.1) is 11.6 Å². The van der Waals surface area contributed by atoms with Crippen molar-refractivity contribution in [2.75, 3.05) is 0 Å². The van der Waals surface area contributed by atoms with Crippen LogP contribution in [-0.2, 0) is 12.0 Å². The van der Waals surface area contributed by atoms with Crippen LogP contribution >= 0.6 is 0 Å². The molecule has 2 aromatic rings. The van der Waals surface area contributed by atoms with Crippen molar-refractivity contribution in [1.82, 2.24) is 0 Å². The molecule has 2 heteroatoms. The van der Waals surface area contributed by atoms with Crippen molar-refractivity contribution in [3.8, 4) is 6.07 Å². The summed E-state index contributed by atoms with van der Waals surface area (Å²) in [4.78, 5) is 0. The summed E-state index contributed by atoms with van der Waals surface area (Å²) in [7, 11) is 0. The average molecular weight is 249 g/mol. The van der Waals surface area contributed by atoms with Crippen molar-refractivity contribution >= 4 is 0 Å². The highest BCUT2D eigenvalue weighted by molar-refractivity contribution is 5.47. The minimum atomic E-state index is -0.863. The van der Waals surface area contributed by atoms with Gasteiger partial charge in [-0.15, -0.1) is 0 Å².